The van der Waals surface area contributed by atoms with Gasteiger partial charge in [0.2, 0.25) is 5.91 Å². The van der Waals surface area contributed by atoms with Gasteiger partial charge >= 0.3 is 0 Å². The molecule has 3 N–H and O–H groups in total. The third-order valence-corrected chi connectivity index (χ3v) is 2.96. The number of fused-ring (bicyclic) bond motifs is 1. The molecule has 1 unspecified atom stereocenters. The Balaban J connectivity index is 2.12. The summed E-state index contributed by atoms with van der Waals surface area (Å²) in [4.78, 5) is 11.7. The summed E-state index contributed by atoms with van der Waals surface area (Å²) in [5.41, 5.74) is 9.76. The number of carbonyl (C=O) groups excluding carboxylic acids is 1. The minimum absolute atomic E-state index is 0.0781. The van der Waals surface area contributed by atoms with Gasteiger partial charge in [-0.05, 0) is 22.4 Å². The summed E-state index contributed by atoms with van der Waals surface area (Å²) in [7, 11) is 3.55. The zero-order valence-electron chi connectivity index (χ0n) is 11.3. The van der Waals surface area contributed by atoms with E-state index >= 15 is 0 Å². The van der Waals surface area contributed by atoms with E-state index < -0.39 is 0 Å². The maximum Gasteiger partial charge on any atom is 0.236 e. The van der Waals surface area contributed by atoms with Gasteiger partial charge in [0.05, 0.1) is 0 Å². The number of hydrazine groups is 1. The first-order valence-electron chi connectivity index (χ1n) is 6.27. The number of carbonyl (C=O) groups is 1. The molecule has 0 aromatic heterocycles. The van der Waals surface area contributed by atoms with Crippen molar-refractivity contribution in [2.75, 3.05) is 14.1 Å². The van der Waals surface area contributed by atoms with Crippen molar-refractivity contribution in [3.05, 3.63) is 48.0 Å². The van der Waals surface area contributed by atoms with E-state index in [9.17, 15) is 4.79 Å². The maximum atomic E-state index is 11.7. The van der Waals surface area contributed by atoms with Crippen molar-refractivity contribution in [1.29, 1.82) is 0 Å². The van der Waals surface area contributed by atoms with Crippen molar-refractivity contribution in [2.45, 2.75) is 12.5 Å². The third-order valence-electron chi connectivity index (χ3n) is 2.96. The highest BCUT2D eigenvalue weighted by atomic mass is 16.2. The van der Waals surface area contributed by atoms with E-state index in [1.54, 1.807) is 19.1 Å². The standard InChI is InChI=1S/C15H19N3O/c1-18(2)17-15(19)10-14(16)13-8-7-11-5-3-4-6-12(11)9-13/h3-9,14H,10,16H2,1-2H3,(H,17,19). The van der Waals surface area contributed by atoms with Gasteiger partial charge in [-0.3, -0.25) is 10.2 Å². The second-order valence-corrected chi connectivity index (χ2v) is 4.85. The molecule has 0 fully saturated rings. The quantitative estimate of drug-likeness (QED) is 0.821. The fourth-order valence-corrected chi connectivity index (χ4v) is 2.05. The van der Waals surface area contributed by atoms with Crippen LogP contribution in [-0.4, -0.2) is 25.0 Å². The van der Waals surface area contributed by atoms with Crippen molar-refractivity contribution < 1.29 is 4.79 Å². The molecule has 2 aromatic carbocycles. The Hall–Kier alpha value is -1.91. The molecule has 19 heavy (non-hydrogen) atoms. The summed E-state index contributed by atoms with van der Waals surface area (Å²) >= 11 is 0. The minimum Gasteiger partial charge on any atom is -0.324 e. The lowest BCUT2D eigenvalue weighted by atomic mass is 10.0. The van der Waals surface area contributed by atoms with E-state index in [-0.39, 0.29) is 18.4 Å². The zero-order valence-corrected chi connectivity index (χ0v) is 11.3. The first-order chi connectivity index (χ1) is 9.06. The molecule has 0 aliphatic rings. The Labute approximate surface area is 113 Å². The molecular weight excluding hydrogens is 238 g/mol. The summed E-state index contributed by atoms with van der Waals surface area (Å²) in [5, 5.41) is 3.94. The maximum absolute atomic E-state index is 11.7. The highest BCUT2D eigenvalue weighted by Crippen LogP contribution is 2.20. The van der Waals surface area contributed by atoms with Gasteiger partial charge in [0.25, 0.3) is 0 Å². The summed E-state index contributed by atoms with van der Waals surface area (Å²) in [6.07, 6.45) is 0.274. The molecule has 2 aromatic rings. The molecule has 4 heteroatoms. The van der Waals surface area contributed by atoms with Crippen molar-refractivity contribution in [3.8, 4) is 0 Å². The van der Waals surface area contributed by atoms with Crippen LogP contribution < -0.4 is 11.2 Å². The number of nitrogens with zero attached hydrogens (tertiary/aromatic N) is 1. The Kier molecular flexibility index (Phi) is 4.14. The first kappa shape index (κ1) is 13.5. The SMILES string of the molecule is CN(C)NC(=O)CC(N)c1ccc2ccccc2c1. The smallest absolute Gasteiger partial charge is 0.236 e. The van der Waals surface area contributed by atoms with E-state index in [0.29, 0.717) is 0 Å². The molecule has 0 aliphatic carbocycles. The van der Waals surface area contributed by atoms with Gasteiger partial charge in [0.1, 0.15) is 0 Å². The third kappa shape index (κ3) is 3.53. The number of rotatable bonds is 4. The van der Waals surface area contributed by atoms with Crippen LogP contribution in [0, 0.1) is 0 Å². The average molecular weight is 257 g/mol. The molecular formula is C15H19N3O. The van der Waals surface area contributed by atoms with Gasteiger partial charge in [0, 0.05) is 26.6 Å². The summed E-state index contributed by atoms with van der Waals surface area (Å²) in [5.74, 6) is -0.0781. The highest BCUT2D eigenvalue weighted by molar-refractivity contribution is 5.83. The predicted molar refractivity (Wildman–Crippen MR) is 77.3 cm³/mol. The fourth-order valence-electron chi connectivity index (χ4n) is 2.05. The van der Waals surface area contributed by atoms with Crippen LogP contribution in [0.3, 0.4) is 0 Å². The molecule has 0 aliphatic heterocycles. The lowest BCUT2D eigenvalue weighted by Gasteiger charge is -2.16. The van der Waals surface area contributed by atoms with Gasteiger partial charge in [-0.1, -0.05) is 36.4 Å². The van der Waals surface area contributed by atoms with Crippen LogP contribution in [0.1, 0.15) is 18.0 Å². The van der Waals surface area contributed by atoms with Crippen LogP contribution >= 0.6 is 0 Å². The second-order valence-electron chi connectivity index (χ2n) is 4.85. The molecule has 1 amide bonds. The van der Waals surface area contributed by atoms with E-state index in [2.05, 4.69) is 11.5 Å². The predicted octanol–water partition coefficient (Wildman–Crippen LogP) is 1.82. The number of hydrogen-bond acceptors (Lipinski definition) is 3. The van der Waals surface area contributed by atoms with Gasteiger partial charge in [0.15, 0.2) is 0 Å². The average Bonchev–Trinajstić information content (AvgIpc) is 2.37. The molecule has 0 bridgehead atoms. The van der Waals surface area contributed by atoms with Crippen molar-refractivity contribution in [1.82, 2.24) is 10.4 Å². The lowest BCUT2D eigenvalue weighted by Crippen LogP contribution is -2.37. The Morgan fingerprint density at radius 2 is 1.89 bits per heavy atom. The number of amides is 1. The topological polar surface area (TPSA) is 58.4 Å². The molecule has 0 spiro atoms. The van der Waals surface area contributed by atoms with Crippen molar-refractivity contribution in [3.63, 3.8) is 0 Å². The van der Waals surface area contributed by atoms with E-state index in [0.717, 1.165) is 10.9 Å². The van der Waals surface area contributed by atoms with Gasteiger partial charge in [-0.15, -0.1) is 0 Å². The van der Waals surface area contributed by atoms with Crippen LogP contribution in [-0.2, 0) is 4.79 Å². The van der Waals surface area contributed by atoms with Crippen LogP contribution in [0.25, 0.3) is 10.8 Å². The zero-order chi connectivity index (χ0) is 13.8. The lowest BCUT2D eigenvalue weighted by molar-refractivity contribution is -0.125. The number of hydrogen-bond donors (Lipinski definition) is 2. The number of nitrogens with two attached hydrogens (primary N) is 1. The fraction of sp³-hybridized carbons (Fsp3) is 0.267. The molecule has 1 atom stereocenters. The second kappa shape index (κ2) is 5.82. The molecule has 0 saturated heterocycles. The summed E-state index contributed by atoms with van der Waals surface area (Å²) in [6.45, 7) is 0. The highest BCUT2D eigenvalue weighted by Gasteiger charge is 2.12. The summed E-state index contributed by atoms with van der Waals surface area (Å²) in [6, 6.07) is 13.9. The first-order valence-corrected chi connectivity index (χ1v) is 6.27. The Morgan fingerprint density at radius 1 is 1.21 bits per heavy atom. The normalized spacial score (nSPS) is 12.6. The molecule has 100 valence electrons. The Bertz CT molecular complexity index is 580. The van der Waals surface area contributed by atoms with Crippen LogP contribution in [0.15, 0.2) is 42.5 Å². The van der Waals surface area contributed by atoms with E-state index in [1.165, 1.54) is 5.39 Å². The minimum atomic E-state index is -0.287. The molecule has 4 nitrogen and oxygen atoms in total. The molecule has 2 rings (SSSR count). The van der Waals surface area contributed by atoms with Gasteiger partial charge < -0.3 is 5.73 Å². The molecule has 0 heterocycles. The number of benzene rings is 2. The summed E-state index contributed by atoms with van der Waals surface area (Å²) < 4.78 is 0. The van der Waals surface area contributed by atoms with Crippen LogP contribution in [0.4, 0.5) is 0 Å². The Morgan fingerprint density at radius 3 is 2.58 bits per heavy atom. The number of nitrogens with one attached hydrogen (secondary N) is 1. The van der Waals surface area contributed by atoms with E-state index in [4.69, 9.17) is 5.73 Å². The van der Waals surface area contributed by atoms with Crippen LogP contribution in [0.5, 0.6) is 0 Å². The van der Waals surface area contributed by atoms with Gasteiger partial charge in [-0.2, -0.15) is 0 Å². The van der Waals surface area contributed by atoms with E-state index in [1.807, 2.05) is 36.4 Å². The largest absolute Gasteiger partial charge is 0.324 e. The van der Waals surface area contributed by atoms with Crippen LogP contribution in [0.2, 0.25) is 0 Å². The van der Waals surface area contributed by atoms with Crippen molar-refractivity contribution in [2.24, 2.45) is 5.73 Å². The van der Waals surface area contributed by atoms with Crippen molar-refractivity contribution >= 4 is 16.7 Å². The van der Waals surface area contributed by atoms with Gasteiger partial charge in [-0.25, -0.2) is 5.01 Å². The monoisotopic (exact) mass is 257 g/mol. The molecule has 0 saturated carbocycles. The molecule has 0 radical (unpaired) electrons.